The molecule has 0 spiro atoms. The van der Waals surface area contributed by atoms with E-state index >= 15 is 0 Å². The average molecular weight is 444 g/mol. The van der Waals surface area contributed by atoms with E-state index in [0.29, 0.717) is 28.0 Å². The molecular weight excluding hydrogens is 418 g/mol. The third-order valence-corrected chi connectivity index (χ3v) is 5.79. The number of amides is 1. The Hall–Kier alpha value is -2.78. The summed E-state index contributed by atoms with van der Waals surface area (Å²) in [6.45, 7) is 12.5. The molecule has 0 fully saturated rings. The molecule has 3 rings (SSSR count). The van der Waals surface area contributed by atoms with E-state index in [2.05, 4.69) is 47.8 Å². The highest BCUT2D eigenvalue weighted by Crippen LogP contribution is 2.31. The maximum atomic E-state index is 12.3. The lowest BCUT2D eigenvalue weighted by atomic mass is 9.87. The van der Waals surface area contributed by atoms with Gasteiger partial charge >= 0.3 is 0 Å². The van der Waals surface area contributed by atoms with Crippen molar-refractivity contribution in [3.63, 3.8) is 0 Å². The van der Waals surface area contributed by atoms with Crippen molar-refractivity contribution in [3.05, 3.63) is 52.9 Å². The SMILES string of the molecule is C=CCn1c(-c2sc(NC(=O)COc3ccc(C(C)(C)C)cc3)nc2C)n[nH]c1=S. The number of aromatic amines is 1. The van der Waals surface area contributed by atoms with Gasteiger partial charge in [0, 0.05) is 6.54 Å². The fourth-order valence-electron chi connectivity index (χ4n) is 2.80. The van der Waals surface area contributed by atoms with Gasteiger partial charge in [0.15, 0.2) is 22.3 Å². The van der Waals surface area contributed by atoms with E-state index < -0.39 is 0 Å². The first kappa shape index (κ1) is 21.9. The number of nitrogens with one attached hydrogen (secondary N) is 2. The quantitative estimate of drug-likeness (QED) is 0.402. The number of thiazole rings is 1. The molecule has 158 valence electrons. The number of carbonyl (C=O) groups excluding carboxylic acids is 1. The summed E-state index contributed by atoms with van der Waals surface area (Å²) in [6.07, 6.45) is 1.75. The van der Waals surface area contributed by atoms with Crippen LogP contribution in [0.5, 0.6) is 5.75 Å². The van der Waals surface area contributed by atoms with Crippen molar-refractivity contribution < 1.29 is 9.53 Å². The molecule has 0 unspecified atom stereocenters. The van der Waals surface area contributed by atoms with Gasteiger partial charge in [-0.1, -0.05) is 50.3 Å². The van der Waals surface area contributed by atoms with E-state index in [4.69, 9.17) is 17.0 Å². The van der Waals surface area contributed by atoms with E-state index in [1.165, 1.54) is 16.9 Å². The van der Waals surface area contributed by atoms with Gasteiger partial charge in [-0.2, -0.15) is 5.10 Å². The summed E-state index contributed by atoms with van der Waals surface area (Å²) >= 11 is 6.60. The minimum atomic E-state index is -0.278. The predicted octanol–water partition coefficient (Wildman–Crippen LogP) is 4.87. The zero-order valence-corrected chi connectivity index (χ0v) is 19.1. The van der Waals surface area contributed by atoms with E-state index in [9.17, 15) is 4.79 Å². The van der Waals surface area contributed by atoms with Gasteiger partial charge in [0.25, 0.3) is 5.91 Å². The highest BCUT2D eigenvalue weighted by atomic mass is 32.1. The van der Waals surface area contributed by atoms with Gasteiger partial charge in [0.05, 0.1) is 10.6 Å². The maximum absolute atomic E-state index is 12.3. The molecule has 3 aromatic rings. The van der Waals surface area contributed by atoms with Crippen LogP contribution in [0.2, 0.25) is 0 Å². The molecule has 0 saturated heterocycles. The van der Waals surface area contributed by atoms with E-state index in [-0.39, 0.29) is 17.9 Å². The number of rotatable bonds is 7. The number of ether oxygens (including phenoxy) is 1. The molecule has 0 aliphatic carbocycles. The lowest BCUT2D eigenvalue weighted by Crippen LogP contribution is -2.20. The van der Waals surface area contributed by atoms with Gasteiger partial charge in [-0.05, 0) is 42.3 Å². The normalized spacial score (nSPS) is 11.3. The second-order valence-electron chi connectivity index (χ2n) is 7.80. The molecular formula is C21H25N5O2S2. The number of benzene rings is 1. The Labute approximate surface area is 184 Å². The topological polar surface area (TPSA) is 84.8 Å². The van der Waals surface area contributed by atoms with Gasteiger partial charge in [-0.3, -0.25) is 19.8 Å². The molecule has 7 nitrogen and oxygen atoms in total. The Morgan fingerprint density at radius 3 is 2.70 bits per heavy atom. The standard InChI is InChI=1S/C21H25N5O2S2/c1-6-11-26-18(24-25-20(26)29)17-13(2)22-19(30-17)23-16(27)12-28-15-9-7-14(8-10-15)21(3,4)5/h6-10H,1,11-12H2,2-5H3,(H,25,29)(H,22,23,27). The molecule has 0 aliphatic heterocycles. The van der Waals surface area contributed by atoms with E-state index in [0.717, 1.165) is 10.6 Å². The van der Waals surface area contributed by atoms with Crippen LogP contribution in [0.1, 0.15) is 32.0 Å². The predicted molar refractivity (Wildman–Crippen MR) is 123 cm³/mol. The first-order chi connectivity index (χ1) is 14.2. The molecule has 9 heteroatoms. The van der Waals surface area contributed by atoms with Crippen molar-refractivity contribution in [1.29, 1.82) is 0 Å². The smallest absolute Gasteiger partial charge is 0.264 e. The fourth-order valence-corrected chi connectivity index (χ4v) is 3.99. The number of anilines is 1. The number of aryl methyl sites for hydroxylation is 1. The second-order valence-corrected chi connectivity index (χ2v) is 9.18. The van der Waals surface area contributed by atoms with Crippen LogP contribution in [-0.2, 0) is 16.8 Å². The lowest BCUT2D eigenvalue weighted by molar-refractivity contribution is -0.118. The number of hydrogen-bond donors (Lipinski definition) is 2. The van der Waals surface area contributed by atoms with E-state index in [1.54, 1.807) is 6.08 Å². The van der Waals surface area contributed by atoms with E-state index in [1.807, 2.05) is 35.8 Å². The molecule has 0 atom stereocenters. The summed E-state index contributed by atoms with van der Waals surface area (Å²) in [5.41, 5.74) is 2.04. The highest BCUT2D eigenvalue weighted by molar-refractivity contribution is 7.71. The average Bonchev–Trinajstić information content (AvgIpc) is 3.22. The fraction of sp³-hybridized carbons (Fsp3) is 0.333. The first-order valence-electron chi connectivity index (χ1n) is 9.46. The molecule has 0 saturated carbocycles. The Morgan fingerprint density at radius 2 is 2.07 bits per heavy atom. The molecule has 2 aromatic heterocycles. The summed E-state index contributed by atoms with van der Waals surface area (Å²) in [5.74, 6) is 1.04. The van der Waals surface area contributed by atoms with Gasteiger partial charge in [-0.15, -0.1) is 6.58 Å². The highest BCUT2D eigenvalue weighted by Gasteiger charge is 2.17. The summed E-state index contributed by atoms with van der Waals surface area (Å²) in [7, 11) is 0. The van der Waals surface area contributed by atoms with Crippen LogP contribution in [0.15, 0.2) is 36.9 Å². The number of carbonyl (C=O) groups is 1. The first-order valence-corrected chi connectivity index (χ1v) is 10.7. The minimum Gasteiger partial charge on any atom is -0.484 e. The van der Waals surface area contributed by atoms with Gasteiger partial charge < -0.3 is 4.74 Å². The van der Waals surface area contributed by atoms with Crippen LogP contribution < -0.4 is 10.1 Å². The molecule has 2 N–H and O–H groups in total. The summed E-state index contributed by atoms with van der Waals surface area (Å²) in [5, 5.41) is 10.3. The van der Waals surface area contributed by atoms with Crippen molar-refractivity contribution in [2.75, 3.05) is 11.9 Å². The Kier molecular flexibility index (Phi) is 6.52. The van der Waals surface area contributed by atoms with Crippen LogP contribution in [0.25, 0.3) is 10.7 Å². The van der Waals surface area contributed by atoms with Crippen molar-refractivity contribution in [2.45, 2.75) is 39.7 Å². The second kappa shape index (κ2) is 8.93. The Bertz CT molecular complexity index is 1100. The van der Waals surface area contributed by atoms with Crippen molar-refractivity contribution in [2.24, 2.45) is 0 Å². The molecule has 30 heavy (non-hydrogen) atoms. The third kappa shape index (κ3) is 5.03. The molecule has 1 amide bonds. The van der Waals surface area contributed by atoms with Gasteiger partial charge in [0.1, 0.15) is 5.75 Å². The lowest BCUT2D eigenvalue weighted by Gasteiger charge is -2.19. The molecule has 2 heterocycles. The van der Waals surface area contributed by atoms with Crippen molar-refractivity contribution >= 4 is 34.6 Å². The van der Waals surface area contributed by atoms with Crippen LogP contribution >= 0.6 is 23.6 Å². The number of allylic oxidation sites excluding steroid dienone is 1. The summed E-state index contributed by atoms with van der Waals surface area (Å²) in [6, 6.07) is 7.78. The van der Waals surface area contributed by atoms with Crippen LogP contribution in [0.3, 0.4) is 0 Å². The monoisotopic (exact) mass is 443 g/mol. The third-order valence-electron chi connectivity index (χ3n) is 4.41. The Balaban J connectivity index is 1.65. The number of nitrogens with zero attached hydrogens (tertiary/aromatic N) is 3. The minimum absolute atomic E-state index is 0.0699. The van der Waals surface area contributed by atoms with Crippen LogP contribution in [-0.4, -0.2) is 32.3 Å². The number of hydrogen-bond acceptors (Lipinski definition) is 6. The zero-order chi connectivity index (χ0) is 21.9. The molecule has 0 bridgehead atoms. The molecule has 1 aromatic carbocycles. The molecule has 0 aliphatic rings. The van der Waals surface area contributed by atoms with Crippen LogP contribution in [0, 0.1) is 11.7 Å². The van der Waals surface area contributed by atoms with Gasteiger partial charge in [0.2, 0.25) is 0 Å². The van der Waals surface area contributed by atoms with Gasteiger partial charge in [-0.25, -0.2) is 4.98 Å². The van der Waals surface area contributed by atoms with Crippen molar-refractivity contribution in [3.8, 4) is 16.5 Å². The van der Waals surface area contributed by atoms with Crippen LogP contribution in [0.4, 0.5) is 5.13 Å². The Morgan fingerprint density at radius 1 is 1.37 bits per heavy atom. The summed E-state index contributed by atoms with van der Waals surface area (Å²) in [4.78, 5) is 17.6. The number of H-pyrrole nitrogens is 1. The summed E-state index contributed by atoms with van der Waals surface area (Å²) < 4.78 is 7.94. The molecule has 0 radical (unpaired) electrons. The van der Waals surface area contributed by atoms with Crippen molar-refractivity contribution in [1.82, 2.24) is 19.7 Å². The maximum Gasteiger partial charge on any atom is 0.264 e. The number of aromatic nitrogens is 4. The largest absolute Gasteiger partial charge is 0.484 e. The zero-order valence-electron chi connectivity index (χ0n) is 17.5.